The lowest BCUT2D eigenvalue weighted by molar-refractivity contribution is -0.150. The summed E-state index contributed by atoms with van der Waals surface area (Å²) in [7, 11) is -3.68. The lowest BCUT2D eigenvalue weighted by Gasteiger charge is -2.35. The molecular weight excluding hydrogens is 328 g/mol. The maximum absolute atomic E-state index is 12.2. The first-order valence-corrected chi connectivity index (χ1v) is 9.18. The van der Waals surface area contributed by atoms with Crippen LogP contribution in [0, 0.1) is 0 Å². The monoisotopic (exact) mass is 352 g/mol. The summed E-state index contributed by atoms with van der Waals surface area (Å²) in [5.41, 5.74) is 0. The number of carbonyl (C=O) groups is 2. The smallest absolute Gasteiger partial charge is 0.318 e. The topological polar surface area (TPSA) is 113 Å². The minimum Gasteiger partial charge on any atom is -0.480 e. The molecule has 0 aromatic rings. The number of carboxylic acids is 1. The van der Waals surface area contributed by atoms with Gasteiger partial charge in [-0.25, -0.2) is 8.42 Å². The van der Waals surface area contributed by atoms with Crippen molar-refractivity contribution in [1.29, 1.82) is 0 Å². The van der Waals surface area contributed by atoms with Gasteiger partial charge < -0.3 is 19.5 Å². The number of carboxylic acid groups (broad SMARTS) is 1. The van der Waals surface area contributed by atoms with Gasteiger partial charge in [-0.1, -0.05) is 0 Å². The second-order valence-corrected chi connectivity index (χ2v) is 7.31. The zero-order valence-corrected chi connectivity index (χ0v) is 14.4. The molecule has 1 aliphatic heterocycles. The van der Waals surface area contributed by atoms with Crippen molar-refractivity contribution in [1.82, 2.24) is 9.21 Å². The van der Waals surface area contributed by atoms with Crippen LogP contribution in [0.4, 0.5) is 0 Å². The molecule has 0 saturated carbocycles. The van der Waals surface area contributed by atoms with Crippen molar-refractivity contribution < 1.29 is 32.6 Å². The van der Waals surface area contributed by atoms with E-state index in [4.69, 9.17) is 14.6 Å². The number of hydrogen-bond acceptors (Lipinski definition) is 6. The zero-order valence-electron chi connectivity index (χ0n) is 13.6. The van der Waals surface area contributed by atoms with Gasteiger partial charge in [-0.3, -0.25) is 9.59 Å². The van der Waals surface area contributed by atoms with Crippen LogP contribution in [0.5, 0.6) is 0 Å². The first kappa shape index (κ1) is 19.8. The van der Waals surface area contributed by atoms with Crippen LogP contribution >= 0.6 is 0 Å². The second kappa shape index (κ2) is 8.57. The lowest BCUT2D eigenvalue weighted by Crippen LogP contribution is -2.53. The number of sulfonamides is 1. The Balaban J connectivity index is 2.70. The zero-order chi connectivity index (χ0) is 17.6. The van der Waals surface area contributed by atoms with Crippen LogP contribution in [0.2, 0.25) is 0 Å². The summed E-state index contributed by atoms with van der Waals surface area (Å²) in [6, 6.07) is 0. The molecule has 134 valence electrons. The molecule has 1 aliphatic rings. The van der Waals surface area contributed by atoms with Gasteiger partial charge in [0.2, 0.25) is 10.0 Å². The van der Waals surface area contributed by atoms with Crippen molar-refractivity contribution >= 4 is 21.9 Å². The third-order valence-electron chi connectivity index (χ3n) is 3.40. The number of nitrogens with zero attached hydrogens (tertiary/aromatic N) is 2. The van der Waals surface area contributed by atoms with E-state index in [0.29, 0.717) is 13.2 Å². The Bertz CT molecular complexity index is 522. The average molecular weight is 352 g/mol. The Labute approximate surface area is 136 Å². The molecule has 0 bridgehead atoms. The van der Waals surface area contributed by atoms with Gasteiger partial charge >= 0.3 is 5.97 Å². The minimum absolute atomic E-state index is 0.113. The van der Waals surface area contributed by atoms with E-state index < -0.39 is 34.7 Å². The molecule has 0 aliphatic carbocycles. The predicted molar refractivity (Wildman–Crippen MR) is 81.5 cm³/mol. The third-order valence-corrected chi connectivity index (χ3v) is 4.62. The van der Waals surface area contributed by atoms with Gasteiger partial charge in [0.25, 0.3) is 5.91 Å². The molecule has 1 saturated heterocycles. The lowest BCUT2D eigenvalue weighted by atomic mass is 10.2. The minimum atomic E-state index is -3.68. The summed E-state index contributed by atoms with van der Waals surface area (Å²) in [5.74, 6) is -1.44. The summed E-state index contributed by atoms with van der Waals surface area (Å²) < 4.78 is 34.9. The van der Waals surface area contributed by atoms with E-state index in [2.05, 4.69) is 0 Å². The van der Waals surface area contributed by atoms with Gasteiger partial charge in [0.15, 0.2) is 0 Å². The molecule has 1 amide bonds. The van der Waals surface area contributed by atoms with Gasteiger partial charge in [0.05, 0.1) is 19.0 Å². The van der Waals surface area contributed by atoms with Gasteiger partial charge in [0.1, 0.15) is 12.6 Å². The Morgan fingerprint density at radius 2 is 2.13 bits per heavy atom. The highest BCUT2D eigenvalue weighted by Gasteiger charge is 2.31. The second-order valence-electron chi connectivity index (χ2n) is 5.32. The maximum Gasteiger partial charge on any atom is 0.318 e. The Hall–Kier alpha value is -1.23. The Morgan fingerprint density at radius 3 is 2.65 bits per heavy atom. The summed E-state index contributed by atoms with van der Waals surface area (Å²) in [6.07, 6.45) is -0.210. The fourth-order valence-corrected chi connectivity index (χ4v) is 3.09. The molecular formula is C13H24N2O7S. The highest BCUT2D eigenvalue weighted by Crippen LogP contribution is 2.11. The molecule has 10 heteroatoms. The van der Waals surface area contributed by atoms with E-state index in [9.17, 15) is 18.0 Å². The van der Waals surface area contributed by atoms with Crippen LogP contribution in [0.1, 0.15) is 13.8 Å². The summed E-state index contributed by atoms with van der Waals surface area (Å²) in [6.45, 7) is 3.97. The Morgan fingerprint density at radius 1 is 1.48 bits per heavy atom. The van der Waals surface area contributed by atoms with Crippen molar-refractivity contribution in [2.24, 2.45) is 0 Å². The molecule has 1 heterocycles. The van der Waals surface area contributed by atoms with Crippen LogP contribution in [0.3, 0.4) is 0 Å². The number of amides is 1. The maximum atomic E-state index is 12.2. The van der Waals surface area contributed by atoms with Crippen molar-refractivity contribution in [2.45, 2.75) is 26.1 Å². The number of aliphatic carboxylic acids is 1. The number of morpholine rings is 1. The fraction of sp³-hybridized carbons (Fsp3) is 0.846. The van der Waals surface area contributed by atoms with Gasteiger partial charge in [-0.15, -0.1) is 0 Å². The summed E-state index contributed by atoms with van der Waals surface area (Å²) in [4.78, 5) is 24.6. The van der Waals surface area contributed by atoms with Crippen LogP contribution in [0.15, 0.2) is 0 Å². The fourth-order valence-electron chi connectivity index (χ4n) is 2.30. The van der Waals surface area contributed by atoms with Crippen molar-refractivity contribution in [3.05, 3.63) is 0 Å². The van der Waals surface area contributed by atoms with E-state index in [-0.39, 0.29) is 25.6 Å². The van der Waals surface area contributed by atoms with Gasteiger partial charge in [-0.2, -0.15) is 4.31 Å². The molecule has 1 N–H and O–H groups in total. The highest BCUT2D eigenvalue weighted by atomic mass is 32.2. The number of rotatable bonds is 8. The van der Waals surface area contributed by atoms with E-state index in [0.717, 1.165) is 10.6 Å². The van der Waals surface area contributed by atoms with Gasteiger partial charge in [0, 0.05) is 26.2 Å². The van der Waals surface area contributed by atoms with E-state index >= 15 is 0 Å². The molecule has 0 aromatic carbocycles. The molecule has 1 rings (SSSR count). The molecule has 1 fully saturated rings. The predicted octanol–water partition coefficient (Wildman–Crippen LogP) is -1.01. The molecule has 23 heavy (non-hydrogen) atoms. The molecule has 2 atom stereocenters. The molecule has 9 nitrogen and oxygen atoms in total. The first-order valence-electron chi connectivity index (χ1n) is 7.34. The van der Waals surface area contributed by atoms with Crippen LogP contribution in [-0.4, -0.2) is 92.5 Å². The normalized spacial score (nSPS) is 20.5. The van der Waals surface area contributed by atoms with E-state index in [1.165, 1.54) is 0 Å². The average Bonchev–Trinajstić information content (AvgIpc) is 2.45. The third kappa shape index (κ3) is 6.42. The van der Waals surface area contributed by atoms with Crippen LogP contribution in [0.25, 0.3) is 0 Å². The SMILES string of the molecule is CCOC(C)C(=O)N1CCOC(CN(CC(=O)O)S(C)(=O)=O)C1. The van der Waals surface area contributed by atoms with E-state index in [1.807, 2.05) is 0 Å². The first-order chi connectivity index (χ1) is 10.6. The Kier molecular flexibility index (Phi) is 7.39. The van der Waals surface area contributed by atoms with Crippen LogP contribution < -0.4 is 0 Å². The van der Waals surface area contributed by atoms with Crippen LogP contribution in [-0.2, 0) is 29.1 Å². The summed E-state index contributed by atoms with van der Waals surface area (Å²) >= 11 is 0. The molecule has 0 radical (unpaired) electrons. The van der Waals surface area contributed by atoms with Crippen molar-refractivity contribution in [3.63, 3.8) is 0 Å². The van der Waals surface area contributed by atoms with Crippen molar-refractivity contribution in [3.8, 4) is 0 Å². The molecule has 2 unspecified atom stereocenters. The van der Waals surface area contributed by atoms with Crippen molar-refractivity contribution in [2.75, 3.05) is 45.6 Å². The van der Waals surface area contributed by atoms with Gasteiger partial charge in [-0.05, 0) is 13.8 Å². The summed E-state index contributed by atoms with van der Waals surface area (Å²) in [5, 5.41) is 8.82. The number of hydrogen-bond donors (Lipinski definition) is 1. The largest absolute Gasteiger partial charge is 0.480 e. The standard InChI is InChI=1S/C13H24N2O7S/c1-4-21-10(2)13(18)14-5-6-22-11(7-14)8-15(9-12(16)17)23(3,19)20/h10-11H,4-9H2,1-3H3,(H,16,17). The van der Waals surface area contributed by atoms with E-state index in [1.54, 1.807) is 18.7 Å². The number of carbonyl (C=O) groups excluding carboxylic acids is 1. The highest BCUT2D eigenvalue weighted by molar-refractivity contribution is 7.88. The quantitative estimate of drug-likeness (QED) is 0.595. The molecule has 0 aromatic heterocycles. The number of ether oxygens (including phenoxy) is 2. The molecule has 0 spiro atoms.